The van der Waals surface area contributed by atoms with Gasteiger partial charge in [0.1, 0.15) is 5.75 Å². The molecule has 0 bridgehead atoms. The molecule has 146 valence electrons. The van der Waals surface area contributed by atoms with Crippen molar-refractivity contribution in [1.82, 2.24) is 4.90 Å². The van der Waals surface area contributed by atoms with Crippen LogP contribution >= 0.6 is 50.9 Å². The first-order chi connectivity index (χ1) is 13.4. The fourth-order valence-electron chi connectivity index (χ4n) is 2.57. The van der Waals surface area contributed by atoms with Crippen molar-refractivity contribution in [3.8, 4) is 5.75 Å². The van der Waals surface area contributed by atoms with Crippen molar-refractivity contribution in [3.05, 3.63) is 66.9 Å². The summed E-state index contributed by atoms with van der Waals surface area (Å²) in [6, 6.07) is 10.5. The molecule has 1 aliphatic rings. The highest BCUT2D eigenvalue weighted by Gasteiger charge is 2.35. The monoisotopic (exact) mass is 499 g/mol. The highest BCUT2D eigenvalue weighted by molar-refractivity contribution is 9.10. The van der Waals surface area contributed by atoms with E-state index in [0.717, 1.165) is 28.2 Å². The van der Waals surface area contributed by atoms with Crippen LogP contribution in [0.3, 0.4) is 0 Å². The molecule has 0 radical (unpaired) electrons. The third kappa shape index (κ3) is 4.92. The van der Waals surface area contributed by atoms with Crippen molar-refractivity contribution in [3.63, 3.8) is 0 Å². The largest absolute Gasteiger partial charge is 0.493 e. The Labute approximate surface area is 186 Å². The zero-order chi connectivity index (χ0) is 20.3. The van der Waals surface area contributed by atoms with E-state index in [4.69, 9.17) is 27.9 Å². The average Bonchev–Trinajstić information content (AvgIpc) is 2.90. The molecule has 0 spiro atoms. The molecular formula is C20H16BrCl2NO3S. The summed E-state index contributed by atoms with van der Waals surface area (Å²) in [4.78, 5) is 26.7. The van der Waals surface area contributed by atoms with Gasteiger partial charge in [-0.05, 0) is 60.2 Å². The van der Waals surface area contributed by atoms with Crippen LogP contribution in [-0.4, -0.2) is 22.7 Å². The minimum atomic E-state index is -0.359. The standard InChI is InChI=1S/C20H16BrCl2NO3S/c1-2-7-27-17-6-4-14(21)8-13(17)9-18-19(25)24(20(26)28-18)11-12-3-5-15(22)10-16(12)23/h3-6,8-10H,2,7,11H2,1H3/b18-9-. The number of carbonyl (C=O) groups is 2. The molecule has 0 N–H and O–H groups in total. The number of halogens is 3. The maximum absolute atomic E-state index is 12.8. The van der Waals surface area contributed by atoms with Gasteiger partial charge in [-0.15, -0.1) is 0 Å². The van der Waals surface area contributed by atoms with Crippen LogP contribution in [-0.2, 0) is 11.3 Å². The van der Waals surface area contributed by atoms with E-state index in [1.807, 2.05) is 25.1 Å². The van der Waals surface area contributed by atoms with E-state index < -0.39 is 0 Å². The number of benzene rings is 2. The van der Waals surface area contributed by atoms with Gasteiger partial charge < -0.3 is 4.74 Å². The number of ether oxygens (including phenoxy) is 1. The Morgan fingerprint density at radius 3 is 2.68 bits per heavy atom. The van der Waals surface area contributed by atoms with Crippen molar-refractivity contribution in [2.24, 2.45) is 0 Å². The molecule has 4 nitrogen and oxygen atoms in total. The molecule has 3 rings (SSSR count). The molecule has 8 heteroatoms. The quantitative estimate of drug-likeness (QED) is 0.410. The molecule has 2 aromatic carbocycles. The van der Waals surface area contributed by atoms with Crippen molar-refractivity contribution >= 4 is 68.1 Å². The molecule has 2 amide bonds. The van der Waals surface area contributed by atoms with E-state index in [1.54, 1.807) is 24.3 Å². The predicted octanol–water partition coefficient (Wildman–Crippen LogP) is 6.78. The number of thioether (sulfide) groups is 1. The van der Waals surface area contributed by atoms with E-state index in [9.17, 15) is 9.59 Å². The highest BCUT2D eigenvalue weighted by atomic mass is 79.9. The van der Waals surface area contributed by atoms with Gasteiger partial charge in [0, 0.05) is 20.1 Å². The summed E-state index contributed by atoms with van der Waals surface area (Å²) in [5, 5.41) is 0.572. The fourth-order valence-corrected chi connectivity index (χ4v) is 4.25. The van der Waals surface area contributed by atoms with E-state index >= 15 is 0 Å². The lowest BCUT2D eigenvalue weighted by atomic mass is 10.1. The number of hydrogen-bond donors (Lipinski definition) is 0. The molecule has 1 heterocycles. The third-order valence-corrected chi connectivity index (χ3v) is 5.92. The summed E-state index contributed by atoms with van der Waals surface area (Å²) in [7, 11) is 0. The van der Waals surface area contributed by atoms with Crippen LogP contribution in [0.15, 0.2) is 45.8 Å². The number of nitrogens with zero attached hydrogens (tertiary/aromatic N) is 1. The summed E-state index contributed by atoms with van der Waals surface area (Å²) < 4.78 is 6.60. The van der Waals surface area contributed by atoms with Gasteiger partial charge in [0.15, 0.2) is 0 Å². The number of hydrogen-bond acceptors (Lipinski definition) is 4. The molecular weight excluding hydrogens is 485 g/mol. The van der Waals surface area contributed by atoms with Gasteiger partial charge in [0.25, 0.3) is 11.1 Å². The van der Waals surface area contributed by atoms with E-state index in [0.29, 0.717) is 32.9 Å². The van der Waals surface area contributed by atoms with Crippen molar-refractivity contribution in [2.45, 2.75) is 19.9 Å². The van der Waals surface area contributed by atoms with Crippen LogP contribution in [0.2, 0.25) is 10.0 Å². The van der Waals surface area contributed by atoms with Gasteiger partial charge in [0.2, 0.25) is 0 Å². The Bertz CT molecular complexity index is 964. The normalized spacial score (nSPS) is 15.6. The predicted molar refractivity (Wildman–Crippen MR) is 118 cm³/mol. The van der Waals surface area contributed by atoms with Crippen LogP contribution < -0.4 is 4.74 Å². The van der Waals surface area contributed by atoms with Gasteiger partial charge in [0.05, 0.1) is 18.1 Å². The molecule has 28 heavy (non-hydrogen) atoms. The molecule has 0 atom stereocenters. The summed E-state index contributed by atoms with van der Waals surface area (Å²) in [5.74, 6) is 0.306. The van der Waals surface area contributed by atoms with Crippen LogP contribution in [0, 0.1) is 0 Å². The minimum Gasteiger partial charge on any atom is -0.493 e. The second-order valence-corrected chi connectivity index (χ2v) is 8.79. The van der Waals surface area contributed by atoms with E-state index in [1.165, 1.54) is 4.90 Å². The lowest BCUT2D eigenvalue weighted by Gasteiger charge is -2.14. The number of imide groups is 1. The zero-order valence-electron chi connectivity index (χ0n) is 14.9. The first-order valence-electron chi connectivity index (χ1n) is 8.50. The Morgan fingerprint density at radius 1 is 1.18 bits per heavy atom. The summed E-state index contributed by atoms with van der Waals surface area (Å²) in [6.07, 6.45) is 2.55. The molecule has 1 aliphatic heterocycles. The molecule has 0 unspecified atom stereocenters. The van der Waals surface area contributed by atoms with Crippen molar-refractivity contribution < 1.29 is 14.3 Å². The second-order valence-electron chi connectivity index (χ2n) is 6.03. The van der Waals surface area contributed by atoms with Gasteiger partial charge in [-0.3, -0.25) is 14.5 Å². The summed E-state index contributed by atoms with van der Waals surface area (Å²) in [5.41, 5.74) is 1.39. The molecule has 1 saturated heterocycles. The first kappa shape index (κ1) is 21.2. The molecule has 0 aliphatic carbocycles. The van der Waals surface area contributed by atoms with Crippen LogP contribution in [0.25, 0.3) is 6.08 Å². The number of amides is 2. The Balaban J connectivity index is 1.86. The summed E-state index contributed by atoms with van der Waals surface area (Å²) >= 11 is 16.4. The summed E-state index contributed by atoms with van der Waals surface area (Å²) in [6.45, 7) is 2.68. The fraction of sp³-hybridized carbons (Fsp3) is 0.200. The molecule has 0 aromatic heterocycles. The third-order valence-electron chi connectivity index (χ3n) is 3.94. The first-order valence-corrected chi connectivity index (χ1v) is 10.9. The van der Waals surface area contributed by atoms with Gasteiger partial charge in [-0.2, -0.15) is 0 Å². The zero-order valence-corrected chi connectivity index (χ0v) is 18.8. The van der Waals surface area contributed by atoms with Gasteiger partial charge in [-0.25, -0.2) is 0 Å². The molecule has 0 saturated carbocycles. The minimum absolute atomic E-state index is 0.0929. The SMILES string of the molecule is CCCOc1ccc(Br)cc1/C=C1\SC(=O)N(Cc2ccc(Cl)cc2Cl)C1=O. The van der Waals surface area contributed by atoms with Crippen LogP contribution in [0.1, 0.15) is 24.5 Å². The topological polar surface area (TPSA) is 46.6 Å². The Hall–Kier alpha value is -1.47. The maximum atomic E-state index is 12.8. The average molecular weight is 501 g/mol. The van der Waals surface area contributed by atoms with E-state index in [-0.39, 0.29) is 17.7 Å². The maximum Gasteiger partial charge on any atom is 0.293 e. The van der Waals surface area contributed by atoms with Crippen molar-refractivity contribution in [1.29, 1.82) is 0 Å². The van der Waals surface area contributed by atoms with Crippen molar-refractivity contribution in [2.75, 3.05) is 6.61 Å². The molecule has 2 aromatic rings. The smallest absolute Gasteiger partial charge is 0.293 e. The van der Waals surface area contributed by atoms with Crippen LogP contribution in [0.4, 0.5) is 4.79 Å². The molecule has 1 fully saturated rings. The van der Waals surface area contributed by atoms with E-state index in [2.05, 4.69) is 15.9 Å². The van der Waals surface area contributed by atoms with Gasteiger partial charge in [-0.1, -0.05) is 52.1 Å². The number of rotatable bonds is 6. The lowest BCUT2D eigenvalue weighted by Crippen LogP contribution is -2.27. The Morgan fingerprint density at radius 2 is 1.96 bits per heavy atom. The number of carbonyl (C=O) groups excluding carboxylic acids is 2. The second kappa shape index (κ2) is 9.35. The van der Waals surface area contributed by atoms with Gasteiger partial charge >= 0.3 is 0 Å². The highest BCUT2D eigenvalue weighted by Crippen LogP contribution is 2.36. The van der Waals surface area contributed by atoms with Crippen LogP contribution in [0.5, 0.6) is 5.75 Å². The lowest BCUT2D eigenvalue weighted by molar-refractivity contribution is -0.123. The Kier molecular flexibility index (Phi) is 7.10.